The van der Waals surface area contributed by atoms with Gasteiger partial charge < -0.3 is 15.8 Å². The maximum Gasteiger partial charge on any atom is 0.407 e. The van der Waals surface area contributed by atoms with Crippen LogP contribution in [0.2, 0.25) is 0 Å². The highest BCUT2D eigenvalue weighted by Gasteiger charge is 2.22. The van der Waals surface area contributed by atoms with Crippen LogP contribution in [-0.4, -0.2) is 29.5 Å². The minimum atomic E-state index is -0.334. The van der Waals surface area contributed by atoms with Gasteiger partial charge in [0.05, 0.1) is 17.0 Å². The van der Waals surface area contributed by atoms with Gasteiger partial charge in [0.15, 0.2) is 5.13 Å². The SMILES string of the molecule is Nc1ncc(SCC2CNC(=O)O2)s1. The van der Waals surface area contributed by atoms with Crippen LogP contribution in [0.5, 0.6) is 0 Å². The van der Waals surface area contributed by atoms with Crippen LogP contribution in [0, 0.1) is 0 Å². The lowest BCUT2D eigenvalue weighted by Gasteiger charge is -2.04. The maximum atomic E-state index is 10.7. The predicted molar refractivity (Wildman–Crippen MR) is 55.5 cm³/mol. The number of amides is 1. The second kappa shape index (κ2) is 4.05. The number of aromatic nitrogens is 1. The van der Waals surface area contributed by atoms with E-state index >= 15 is 0 Å². The van der Waals surface area contributed by atoms with Gasteiger partial charge in [0.1, 0.15) is 6.10 Å². The van der Waals surface area contributed by atoms with E-state index in [-0.39, 0.29) is 12.2 Å². The molecule has 1 amide bonds. The molecule has 0 bridgehead atoms. The van der Waals surface area contributed by atoms with Crippen LogP contribution in [0.4, 0.5) is 9.93 Å². The average Bonchev–Trinajstić information content (AvgIpc) is 2.72. The van der Waals surface area contributed by atoms with Gasteiger partial charge in [-0.05, 0) is 0 Å². The zero-order valence-electron chi connectivity index (χ0n) is 7.23. The lowest BCUT2D eigenvalue weighted by Crippen LogP contribution is -2.16. The van der Waals surface area contributed by atoms with E-state index in [4.69, 9.17) is 10.5 Å². The van der Waals surface area contributed by atoms with Crippen LogP contribution in [0.15, 0.2) is 10.4 Å². The van der Waals surface area contributed by atoms with Gasteiger partial charge in [0.2, 0.25) is 0 Å². The van der Waals surface area contributed by atoms with Gasteiger partial charge in [-0.2, -0.15) is 0 Å². The summed E-state index contributed by atoms with van der Waals surface area (Å²) in [5, 5.41) is 3.16. The first-order valence-corrected chi connectivity index (χ1v) is 5.83. The number of thioether (sulfide) groups is 1. The number of alkyl carbamates (subject to hydrolysis) is 1. The average molecular weight is 231 g/mol. The van der Waals surface area contributed by atoms with Gasteiger partial charge in [-0.1, -0.05) is 11.3 Å². The van der Waals surface area contributed by atoms with Gasteiger partial charge in [-0.15, -0.1) is 11.8 Å². The molecule has 2 heterocycles. The molecule has 0 saturated carbocycles. The molecule has 1 aliphatic heterocycles. The minimum Gasteiger partial charge on any atom is -0.443 e. The van der Waals surface area contributed by atoms with Gasteiger partial charge >= 0.3 is 6.09 Å². The summed E-state index contributed by atoms with van der Waals surface area (Å²) in [5.41, 5.74) is 5.48. The van der Waals surface area contributed by atoms with Gasteiger partial charge in [-0.3, -0.25) is 0 Å². The Morgan fingerprint density at radius 3 is 3.29 bits per heavy atom. The van der Waals surface area contributed by atoms with Crippen LogP contribution >= 0.6 is 23.1 Å². The summed E-state index contributed by atoms with van der Waals surface area (Å²) in [6.07, 6.45) is 1.35. The quantitative estimate of drug-likeness (QED) is 0.757. The largest absolute Gasteiger partial charge is 0.443 e. The van der Waals surface area contributed by atoms with Gasteiger partial charge in [0, 0.05) is 5.75 Å². The van der Waals surface area contributed by atoms with Crippen LogP contribution in [-0.2, 0) is 4.74 Å². The number of nitrogens with two attached hydrogens (primary N) is 1. The Morgan fingerprint density at radius 2 is 2.71 bits per heavy atom. The van der Waals surface area contributed by atoms with E-state index in [0.29, 0.717) is 11.7 Å². The highest BCUT2D eigenvalue weighted by atomic mass is 32.2. The van der Waals surface area contributed by atoms with E-state index < -0.39 is 0 Å². The summed E-state index contributed by atoms with van der Waals surface area (Å²) in [7, 11) is 0. The molecule has 0 aliphatic carbocycles. The first-order valence-electron chi connectivity index (χ1n) is 4.02. The molecule has 1 unspecified atom stereocenters. The molecular formula is C7H9N3O2S2. The second-order valence-corrected chi connectivity index (χ2v) is 5.12. The standard InChI is InChI=1S/C7H9N3O2S2/c8-6-9-2-5(14-6)13-3-4-1-10-7(11)12-4/h2,4H,1,3H2,(H2,8,9)(H,10,11). The van der Waals surface area contributed by atoms with Crippen molar-refractivity contribution in [1.82, 2.24) is 10.3 Å². The molecule has 0 radical (unpaired) electrons. The van der Waals surface area contributed by atoms with Crippen molar-refractivity contribution in [3.63, 3.8) is 0 Å². The number of carbonyl (C=O) groups is 1. The number of cyclic esters (lactones) is 1. The number of rotatable bonds is 3. The van der Waals surface area contributed by atoms with Crippen molar-refractivity contribution >= 4 is 34.3 Å². The zero-order chi connectivity index (χ0) is 9.97. The number of nitrogens with zero attached hydrogens (tertiary/aromatic N) is 1. The van der Waals surface area contributed by atoms with Crippen LogP contribution < -0.4 is 11.1 Å². The molecule has 0 aromatic carbocycles. The number of anilines is 1. The number of hydrogen-bond acceptors (Lipinski definition) is 6. The Hall–Kier alpha value is -0.950. The Kier molecular flexibility index (Phi) is 2.78. The lowest BCUT2D eigenvalue weighted by molar-refractivity contribution is 0.150. The Bertz CT molecular complexity index is 341. The van der Waals surface area contributed by atoms with Crippen molar-refractivity contribution in [3.05, 3.63) is 6.20 Å². The predicted octanol–water partition coefficient (Wildman–Crippen LogP) is 0.926. The number of hydrogen-bond donors (Lipinski definition) is 2. The van der Waals surface area contributed by atoms with E-state index in [1.165, 1.54) is 11.3 Å². The van der Waals surface area contributed by atoms with Crippen LogP contribution in [0.25, 0.3) is 0 Å². The minimum absolute atomic E-state index is 0.0455. The molecule has 1 aromatic heterocycles. The molecule has 5 nitrogen and oxygen atoms in total. The monoisotopic (exact) mass is 231 g/mol. The molecule has 1 saturated heterocycles. The summed E-state index contributed by atoms with van der Waals surface area (Å²) >= 11 is 3.04. The third-order valence-corrected chi connectivity index (χ3v) is 3.81. The Balaban J connectivity index is 1.80. The number of nitrogen functional groups attached to an aromatic ring is 1. The summed E-state index contributed by atoms with van der Waals surface area (Å²) in [6.45, 7) is 0.583. The zero-order valence-corrected chi connectivity index (χ0v) is 8.86. The highest BCUT2D eigenvalue weighted by molar-refractivity contribution is 8.01. The molecule has 14 heavy (non-hydrogen) atoms. The summed E-state index contributed by atoms with van der Waals surface area (Å²) in [5.74, 6) is 0.736. The third-order valence-electron chi connectivity index (χ3n) is 1.66. The summed E-state index contributed by atoms with van der Waals surface area (Å²) in [4.78, 5) is 14.6. The normalized spacial score (nSPS) is 20.6. The van der Waals surface area contributed by atoms with Crippen molar-refractivity contribution in [2.24, 2.45) is 0 Å². The van der Waals surface area contributed by atoms with Gasteiger partial charge in [0.25, 0.3) is 0 Å². The van der Waals surface area contributed by atoms with E-state index in [2.05, 4.69) is 10.3 Å². The second-order valence-electron chi connectivity index (χ2n) is 2.74. The third kappa shape index (κ3) is 2.30. The topological polar surface area (TPSA) is 77.2 Å². The smallest absolute Gasteiger partial charge is 0.407 e. The first kappa shape index (κ1) is 9.60. The van der Waals surface area contributed by atoms with Crippen molar-refractivity contribution in [2.75, 3.05) is 18.0 Å². The fraction of sp³-hybridized carbons (Fsp3) is 0.429. The Morgan fingerprint density at radius 1 is 1.86 bits per heavy atom. The lowest BCUT2D eigenvalue weighted by atomic mass is 10.4. The Labute approximate surface area is 89.0 Å². The van der Waals surface area contributed by atoms with E-state index in [9.17, 15) is 4.79 Å². The molecule has 2 rings (SSSR count). The molecule has 1 aromatic rings. The van der Waals surface area contributed by atoms with Crippen LogP contribution in [0.3, 0.4) is 0 Å². The maximum absolute atomic E-state index is 10.7. The first-order chi connectivity index (χ1) is 6.74. The number of nitrogens with one attached hydrogen (secondary N) is 1. The molecular weight excluding hydrogens is 222 g/mol. The van der Waals surface area contributed by atoms with E-state index in [1.807, 2.05) is 0 Å². The molecule has 3 N–H and O–H groups in total. The van der Waals surface area contributed by atoms with E-state index in [0.717, 1.165) is 9.96 Å². The van der Waals surface area contributed by atoms with Crippen molar-refractivity contribution in [2.45, 2.75) is 10.3 Å². The molecule has 0 spiro atoms. The van der Waals surface area contributed by atoms with Crippen LogP contribution in [0.1, 0.15) is 0 Å². The summed E-state index contributed by atoms with van der Waals surface area (Å²) in [6, 6.07) is 0. The fourth-order valence-electron chi connectivity index (χ4n) is 1.04. The number of ether oxygens (including phenoxy) is 1. The highest BCUT2D eigenvalue weighted by Crippen LogP contribution is 2.27. The van der Waals surface area contributed by atoms with E-state index in [1.54, 1.807) is 18.0 Å². The molecule has 7 heteroatoms. The number of carbonyl (C=O) groups excluding carboxylic acids is 1. The summed E-state index contributed by atoms with van der Waals surface area (Å²) < 4.78 is 6.02. The number of thiazole rings is 1. The fourth-order valence-corrected chi connectivity index (χ4v) is 2.81. The molecule has 76 valence electrons. The van der Waals surface area contributed by atoms with Gasteiger partial charge in [-0.25, -0.2) is 9.78 Å². The van der Waals surface area contributed by atoms with Crippen molar-refractivity contribution < 1.29 is 9.53 Å². The molecule has 1 atom stereocenters. The molecule has 1 fully saturated rings. The van der Waals surface area contributed by atoms with Crippen molar-refractivity contribution in [3.8, 4) is 0 Å². The molecule has 1 aliphatic rings. The van der Waals surface area contributed by atoms with Crippen molar-refractivity contribution in [1.29, 1.82) is 0 Å².